The quantitative estimate of drug-likeness (QED) is 0.850. The van der Waals surface area contributed by atoms with Gasteiger partial charge in [-0.15, -0.1) is 0 Å². The Bertz CT molecular complexity index is 670. The molecule has 1 unspecified atom stereocenters. The van der Waals surface area contributed by atoms with Gasteiger partial charge in [0.15, 0.2) is 0 Å². The monoisotopic (exact) mass is 383 g/mol. The minimum atomic E-state index is -4.94. The molecular formula is C19H24F3N3O2. The number of carbonyl (C=O) groups is 2. The van der Waals surface area contributed by atoms with E-state index in [2.05, 4.69) is 22.3 Å². The van der Waals surface area contributed by atoms with Crippen molar-refractivity contribution in [1.29, 1.82) is 0 Å². The molecule has 0 bridgehead atoms. The molecule has 0 aromatic heterocycles. The number of anilines is 1. The molecule has 1 N–H and O–H groups in total. The van der Waals surface area contributed by atoms with Gasteiger partial charge in [-0.2, -0.15) is 13.2 Å². The molecule has 2 amide bonds. The van der Waals surface area contributed by atoms with E-state index in [9.17, 15) is 22.8 Å². The summed E-state index contributed by atoms with van der Waals surface area (Å²) in [6.07, 6.45) is -1.27. The zero-order valence-electron chi connectivity index (χ0n) is 15.1. The fraction of sp³-hybridized carbons (Fsp3) is 0.579. The van der Waals surface area contributed by atoms with Gasteiger partial charge in [-0.3, -0.25) is 9.59 Å². The molecule has 5 nitrogen and oxygen atoms in total. The van der Waals surface area contributed by atoms with Gasteiger partial charge in [0.05, 0.1) is 0 Å². The third-order valence-corrected chi connectivity index (χ3v) is 5.18. The van der Waals surface area contributed by atoms with Crippen molar-refractivity contribution in [3.05, 3.63) is 29.8 Å². The summed E-state index contributed by atoms with van der Waals surface area (Å²) in [4.78, 5) is 26.6. The molecule has 3 rings (SSSR count). The van der Waals surface area contributed by atoms with Gasteiger partial charge in [0, 0.05) is 31.9 Å². The summed E-state index contributed by atoms with van der Waals surface area (Å²) in [5, 5.41) is 2.67. The molecule has 0 aliphatic carbocycles. The van der Waals surface area contributed by atoms with Gasteiger partial charge in [0.2, 0.25) is 5.91 Å². The molecule has 2 aliphatic rings. The number of likely N-dealkylation sites (tertiary alicyclic amines) is 1. The Balaban J connectivity index is 1.48. The van der Waals surface area contributed by atoms with Crippen molar-refractivity contribution in [1.82, 2.24) is 10.2 Å². The smallest absolute Gasteiger partial charge is 0.372 e. The lowest BCUT2D eigenvalue weighted by molar-refractivity contribution is -0.186. The molecule has 8 heteroatoms. The Hall–Kier alpha value is -2.25. The molecule has 1 atom stereocenters. The van der Waals surface area contributed by atoms with Crippen LogP contribution in [0.25, 0.3) is 0 Å². The van der Waals surface area contributed by atoms with E-state index in [0.29, 0.717) is 24.3 Å². The van der Waals surface area contributed by atoms with Gasteiger partial charge in [-0.05, 0) is 49.8 Å². The highest BCUT2D eigenvalue weighted by Gasteiger charge is 2.47. The van der Waals surface area contributed by atoms with Crippen molar-refractivity contribution in [2.24, 2.45) is 0 Å². The Morgan fingerprint density at radius 1 is 1.04 bits per heavy atom. The number of carbonyl (C=O) groups excluding carboxylic acids is 2. The van der Waals surface area contributed by atoms with Gasteiger partial charge >= 0.3 is 12.1 Å². The van der Waals surface area contributed by atoms with Crippen molar-refractivity contribution in [2.45, 2.75) is 44.3 Å². The van der Waals surface area contributed by atoms with E-state index in [-0.39, 0.29) is 13.0 Å². The van der Waals surface area contributed by atoms with Gasteiger partial charge in [-0.25, -0.2) is 0 Å². The first-order valence-electron chi connectivity index (χ1n) is 9.35. The van der Waals surface area contributed by atoms with E-state index in [1.165, 1.54) is 18.5 Å². The van der Waals surface area contributed by atoms with Crippen molar-refractivity contribution >= 4 is 17.5 Å². The number of nitrogens with zero attached hydrogens (tertiary/aromatic N) is 2. The minimum Gasteiger partial charge on any atom is -0.372 e. The van der Waals surface area contributed by atoms with Gasteiger partial charge in [0.25, 0.3) is 0 Å². The van der Waals surface area contributed by atoms with Crippen LogP contribution in [0.3, 0.4) is 0 Å². The molecule has 0 spiro atoms. The maximum Gasteiger partial charge on any atom is 0.471 e. The summed E-state index contributed by atoms with van der Waals surface area (Å²) in [6.45, 7) is 2.44. The Labute approximate surface area is 156 Å². The number of alkyl halides is 3. The average Bonchev–Trinajstić information content (AvgIpc) is 3.32. The normalized spacial score (nSPS) is 20.2. The lowest BCUT2D eigenvalue weighted by Crippen LogP contribution is -2.50. The third kappa shape index (κ3) is 4.73. The molecule has 2 fully saturated rings. The largest absolute Gasteiger partial charge is 0.471 e. The first kappa shape index (κ1) is 19.5. The van der Waals surface area contributed by atoms with E-state index in [1.807, 2.05) is 12.1 Å². The van der Waals surface area contributed by atoms with E-state index in [0.717, 1.165) is 18.7 Å². The van der Waals surface area contributed by atoms with Crippen molar-refractivity contribution in [3.63, 3.8) is 0 Å². The summed E-state index contributed by atoms with van der Waals surface area (Å²) < 4.78 is 37.9. The lowest BCUT2D eigenvalue weighted by atomic mass is 10.1. The molecule has 2 aliphatic heterocycles. The highest BCUT2D eigenvalue weighted by atomic mass is 19.4. The minimum absolute atomic E-state index is 0.0333. The van der Waals surface area contributed by atoms with Crippen LogP contribution in [0.2, 0.25) is 0 Å². The maximum atomic E-state index is 12.6. The Morgan fingerprint density at radius 3 is 2.33 bits per heavy atom. The van der Waals surface area contributed by atoms with Crippen molar-refractivity contribution in [3.8, 4) is 0 Å². The third-order valence-electron chi connectivity index (χ3n) is 5.18. The molecule has 1 aromatic rings. The van der Waals surface area contributed by atoms with Crippen LogP contribution in [0.5, 0.6) is 0 Å². The van der Waals surface area contributed by atoms with Crippen molar-refractivity contribution < 1.29 is 22.8 Å². The fourth-order valence-electron chi connectivity index (χ4n) is 3.74. The van der Waals surface area contributed by atoms with Crippen LogP contribution in [0.1, 0.15) is 31.2 Å². The molecule has 0 saturated carbocycles. The SMILES string of the molecule is O=C(NCCc1ccc(N2CCCC2)cc1)C1CCCN1C(=O)C(F)(F)F. The number of rotatable bonds is 5. The van der Waals surface area contributed by atoms with Crippen LogP contribution in [-0.2, 0) is 16.0 Å². The van der Waals surface area contributed by atoms with E-state index < -0.39 is 24.0 Å². The summed E-state index contributed by atoms with van der Waals surface area (Å²) in [5.74, 6) is -2.45. The standard InChI is InChI=1S/C19H24F3N3O2/c20-19(21,22)18(27)25-13-3-4-16(25)17(26)23-10-9-14-5-7-15(8-6-14)24-11-1-2-12-24/h5-8,16H,1-4,9-13H2,(H,23,26). The van der Waals surface area contributed by atoms with E-state index >= 15 is 0 Å². The van der Waals surface area contributed by atoms with E-state index in [1.54, 1.807) is 0 Å². The van der Waals surface area contributed by atoms with Gasteiger partial charge in [0.1, 0.15) is 6.04 Å². The number of halogens is 3. The molecule has 148 valence electrons. The van der Waals surface area contributed by atoms with Crippen molar-refractivity contribution in [2.75, 3.05) is 31.1 Å². The Kier molecular flexibility index (Phi) is 5.92. The molecule has 2 saturated heterocycles. The fourth-order valence-corrected chi connectivity index (χ4v) is 3.74. The molecule has 1 aromatic carbocycles. The number of benzene rings is 1. The summed E-state index contributed by atoms with van der Waals surface area (Å²) in [7, 11) is 0. The zero-order chi connectivity index (χ0) is 19.4. The van der Waals surface area contributed by atoms with Crippen LogP contribution >= 0.6 is 0 Å². The van der Waals surface area contributed by atoms with Gasteiger partial charge in [-0.1, -0.05) is 12.1 Å². The second-order valence-electron chi connectivity index (χ2n) is 7.06. The maximum absolute atomic E-state index is 12.6. The lowest BCUT2D eigenvalue weighted by Gasteiger charge is -2.24. The second kappa shape index (κ2) is 8.19. The van der Waals surface area contributed by atoms with Crippen LogP contribution in [0.15, 0.2) is 24.3 Å². The number of amides is 2. The second-order valence-corrected chi connectivity index (χ2v) is 7.06. The van der Waals surface area contributed by atoms with Crippen LogP contribution in [0.4, 0.5) is 18.9 Å². The predicted molar refractivity (Wildman–Crippen MR) is 95.4 cm³/mol. The van der Waals surface area contributed by atoms with Gasteiger partial charge < -0.3 is 15.1 Å². The summed E-state index contributed by atoms with van der Waals surface area (Å²) in [6, 6.07) is 7.10. The zero-order valence-corrected chi connectivity index (χ0v) is 15.1. The number of hydrogen-bond acceptors (Lipinski definition) is 3. The first-order valence-corrected chi connectivity index (χ1v) is 9.35. The predicted octanol–water partition coefficient (Wildman–Crippen LogP) is 2.50. The molecule has 27 heavy (non-hydrogen) atoms. The first-order chi connectivity index (χ1) is 12.9. The summed E-state index contributed by atoms with van der Waals surface area (Å²) >= 11 is 0. The number of nitrogens with one attached hydrogen (secondary N) is 1. The molecule has 2 heterocycles. The topological polar surface area (TPSA) is 52.7 Å². The highest BCUT2D eigenvalue weighted by Crippen LogP contribution is 2.26. The van der Waals surface area contributed by atoms with E-state index in [4.69, 9.17) is 0 Å². The summed E-state index contributed by atoms with van der Waals surface area (Å²) in [5.41, 5.74) is 2.24. The van der Waals surface area contributed by atoms with Crippen LogP contribution in [0, 0.1) is 0 Å². The number of hydrogen-bond donors (Lipinski definition) is 1. The molecule has 0 radical (unpaired) electrons. The average molecular weight is 383 g/mol. The molecular weight excluding hydrogens is 359 g/mol. The highest BCUT2D eigenvalue weighted by molar-refractivity contribution is 5.90. The Morgan fingerprint density at radius 2 is 1.70 bits per heavy atom. The van der Waals surface area contributed by atoms with Crippen LogP contribution in [-0.4, -0.2) is 55.1 Å². The van der Waals surface area contributed by atoms with Crippen LogP contribution < -0.4 is 10.2 Å².